The third kappa shape index (κ3) is 2.58. The maximum absolute atomic E-state index is 12.1. The zero-order valence-corrected chi connectivity index (χ0v) is 12.2. The highest BCUT2D eigenvalue weighted by molar-refractivity contribution is 6.32. The minimum atomic E-state index is -1.28. The quantitative estimate of drug-likeness (QED) is 0.831. The van der Waals surface area contributed by atoms with Crippen LogP contribution in [0.4, 0.5) is 5.69 Å². The fourth-order valence-electron chi connectivity index (χ4n) is 2.30. The molecule has 0 fully saturated rings. The van der Waals surface area contributed by atoms with Gasteiger partial charge in [-0.3, -0.25) is 14.6 Å². The Labute approximate surface area is 131 Å². The zero-order chi connectivity index (χ0) is 15.7. The maximum atomic E-state index is 12.1. The van der Waals surface area contributed by atoms with Crippen LogP contribution in [-0.2, 0) is 9.59 Å². The zero-order valence-electron chi connectivity index (χ0n) is 11.4. The molecule has 1 unspecified atom stereocenters. The number of carbonyl (C=O) groups is 2. The van der Waals surface area contributed by atoms with Crippen molar-refractivity contribution in [3.8, 4) is 0 Å². The third-order valence-electron chi connectivity index (χ3n) is 3.32. The highest BCUT2D eigenvalue weighted by Crippen LogP contribution is 2.27. The van der Waals surface area contributed by atoms with Gasteiger partial charge in [0.05, 0.1) is 11.4 Å². The van der Waals surface area contributed by atoms with Crippen molar-refractivity contribution in [1.82, 2.24) is 0 Å². The average molecular weight is 314 g/mol. The van der Waals surface area contributed by atoms with Crippen LogP contribution in [0.2, 0.25) is 5.02 Å². The molecule has 1 atom stereocenters. The van der Waals surface area contributed by atoms with Gasteiger partial charge in [0.15, 0.2) is 0 Å². The van der Waals surface area contributed by atoms with Crippen LogP contribution in [0, 0.1) is 0 Å². The summed E-state index contributed by atoms with van der Waals surface area (Å²) in [6.45, 7) is 0. The van der Waals surface area contributed by atoms with E-state index in [4.69, 9.17) is 17.3 Å². The second-order valence-electron chi connectivity index (χ2n) is 4.83. The summed E-state index contributed by atoms with van der Waals surface area (Å²) in [5, 5.41) is 3.13. The van der Waals surface area contributed by atoms with E-state index in [-0.39, 0.29) is 0 Å². The van der Waals surface area contributed by atoms with Crippen LogP contribution in [0.15, 0.2) is 53.5 Å². The summed E-state index contributed by atoms with van der Waals surface area (Å²) in [4.78, 5) is 28.0. The monoisotopic (exact) mass is 313 g/mol. The Morgan fingerprint density at radius 1 is 1.18 bits per heavy atom. The summed E-state index contributed by atoms with van der Waals surface area (Å²) in [6, 6.07) is 13.1. The fourth-order valence-corrected chi connectivity index (χ4v) is 2.48. The molecule has 0 bridgehead atoms. The van der Waals surface area contributed by atoms with Crippen LogP contribution in [0.25, 0.3) is 0 Å². The van der Waals surface area contributed by atoms with Gasteiger partial charge in [-0.1, -0.05) is 41.9 Å². The average Bonchev–Trinajstić information content (AvgIpc) is 2.63. The molecule has 3 N–H and O–H groups in total. The molecule has 0 saturated heterocycles. The number of benzodiazepines with no additional fused rings is 1. The predicted octanol–water partition coefficient (Wildman–Crippen LogP) is 1.98. The third-order valence-corrected chi connectivity index (χ3v) is 3.55. The van der Waals surface area contributed by atoms with Gasteiger partial charge in [0.1, 0.15) is 0 Å². The van der Waals surface area contributed by atoms with Crippen molar-refractivity contribution in [2.45, 2.75) is 6.04 Å². The standard InChI is InChI=1S/C16H12ClN3O2/c17-10-6-7-11-12(8-10)19-16(22)14(15(18)21)20-13(11)9-4-2-1-3-5-9/h1-8,14H,(H2,18,21)(H,19,22). The lowest BCUT2D eigenvalue weighted by molar-refractivity contribution is -0.126. The van der Waals surface area contributed by atoms with Crippen molar-refractivity contribution in [2.24, 2.45) is 10.7 Å². The van der Waals surface area contributed by atoms with Crippen LogP contribution >= 0.6 is 11.6 Å². The lowest BCUT2D eigenvalue weighted by Crippen LogP contribution is -2.37. The van der Waals surface area contributed by atoms with E-state index in [9.17, 15) is 9.59 Å². The van der Waals surface area contributed by atoms with E-state index >= 15 is 0 Å². The molecule has 0 radical (unpaired) electrons. The number of nitrogens with one attached hydrogen (secondary N) is 1. The maximum Gasteiger partial charge on any atom is 0.258 e. The molecule has 22 heavy (non-hydrogen) atoms. The van der Waals surface area contributed by atoms with Crippen LogP contribution in [-0.4, -0.2) is 23.6 Å². The Bertz CT molecular complexity index is 787. The molecule has 3 rings (SSSR count). The Morgan fingerprint density at radius 2 is 1.91 bits per heavy atom. The van der Waals surface area contributed by atoms with Crippen LogP contribution in [0.1, 0.15) is 11.1 Å². The summed E-state index contributed by atoms with van der Waals surface area (Å²) in [5.74, 6) is -1.37. The SMILES string of the molecule is NC(=O)C1N=C(c2ccccc2)c2ccc(Cl)cc2NC1=O. The Kier molecular flexibility index (Phi) is 3.65. The smallest absolute Gasteiger partial charge is 0.258 e. The van der Waals surface area contributed by atoms with Gasteiger partial charge in [-0.05, 0) is 18.2 Å². The van der Waals surface area contributed by atoms with E-state index in [1.807, 2.05) is 30.3 Å². The van der Waals surface area contributed by atoms with Gasteiger partial charge >= 0.3 is 0 Å². The topological polar surface area (TPSA) is 84.6 Å². The van der Waals surface area contributed by atoms with Gasteiger partial charge in [0, 0.05) is 16.1 Å². The lowest BCUT2D eigenvalue weighted by atomic mass is 10.0. The van der Waals surface area contributed by atoms with Crippen LogP contribution in [0.3, 0.4) is 0 Å². The van der Waals surface area contributed by atoms with Crippen molar-refractivity contribution in [2.75, 3.05) is 5.32 Å². The number of amides is 2. The number of benzene rings is 2. The molecule has 0 saturated carbocycles. The van der Waals surface area contributed by atoms with Gasteiger partial charge in [-0.25, -0.2) is 0 Å². The largest absolute Gasteiger partial charge is 0.367 e. The minimum absolute atomic E-state index is 0.476. The number of nitrogens with two attached hydrogens (primary N) is 1. The van der Waals surface area contributed by atoms with Crippen LogP contribution < -0.4 is 11.1 Å². The molecular formula is C16H12ClN3O2. The number of carbonyl (C=O) groups excluding carboxylic acids is 2. The molecule has 0 aromatic heterocycles. The fraction of sp³-hybridized carbons (Fsp3) is 0.0625. The Hall–Kier alpha value is -2.66. The van der Waals surface area contributed by atoms with Gasteiger partial charge in [-0.2, -0.15) is 0 Å². The van der Waals surface area contributed by atoms with E-state index in [2.05, 4.69) is 10.3 Å². The number of hydrogen-bond donors (Lipinski definition) is 2. The number of rotatable bonds is 2. The number of fused-ring (bicyclic) bond motifs is 1. The number of anilines is 1. The van der Waals surface area contributed by atoms with Crippen LogP contribution in [0.5, 0.6) is 0 Å². The summed E-state index contributed by atoms with van der Waals surface area (Å²) in [5.41, 5.74) is 7.80. The van der Waals surface area contributed by atoms with E-state index in [0.29, 0.717) is 22.0 Å². The predicted molar refractivity (Wildman–Crippen MR) is 85.1 cm³/mol. The van der Waals surface area contributed by atoms with Gasteiger partial charge in [0.2, 0.25) is 6.04 Å². The van der Waals surface area contributed by atoms with Crippen molar-refractivity contribution in [3.63, 3.8) is 0 Å². The van der Waals surface area contributed by atoms with Gasteiger partial charge in [0.25, 0.3) is 11.8 Å². The van der Waals surface area contributed by atoms with Gasteiger partial charge < -0.3 is 11.1 Å². The summed E-state index contributed by atoms with van der Waals surface area (Å²) in [6.07, 6.45) is 0. The normalized spacial score (nSPS) is 17.0. The van der Waals surface area contributed by atoms with E-state index in [1.54, 1.807) is 18.2 Å². The molecule has 1 aliphatic heterocycles. The summed E-state index contributed by atoms with van der Waals surface area (Å²) >= 11 is 5.99. The first-order valence-electron chi connectivity index (χ1n) is 6.59. The number of nitrogens with zero attached hydrogens (tertiary/aromatic N) is 1. The molecule has 6 heteroatoms. The minimum Gasteiger partial charge on any atom is -0.367 e. The summed E-state index contributed by atoms with van der Waals surface area (Å²) < 4.78 is 0. The number of hydrogen-bond acceptors (Lipinski definition) is 3. The lowest BCUT2D eigenvalue weighted by Gasteiger charge is -2.10. The first kappa shape index (κ1) is 14.3. The highest BCUT2D eigenvalue weighted by atomic mass is 35.5. The van der Waals surface area contributed by atoms with Crippen molar-refractivity contribution in [3.05, 3.63) is 64.7 Å². The molecule has 2 aromatic carbocycles. The van der Waals surface area contributed by atoms with Crippen molar-refractivity contribution < 1.29 is 9.59 Å². The molecule has 5 nitrogen and oxygen atoms in total. The second kappa shape index (κ2) is 5.61. The van der Waals surface area contributed by atoms with E-state index in [0.717, 1.165) is 5.56 Å². The molecule has 0 spiro atoms. The van der Waals surface area contributed by atoms with Gasteiger partial charge in [-0.15, -0.1) is 0 Å². The van der Waals surface area contributed by atoms with E-state index in [1.165, 1.54) is 0 Å². The Morgan fingerprint density at radius 3 is 2.59 bits per heavy atom. The molecular weight excluding hydrogens is 302 g/mol. The molecule has 1 aliphatic rings. The molecule has 2 aromatic rings. The number of aliphatic imine (C=N–C) groups is 1. The molecule has 0 aliphatic carbocycles. The highest BCUT2D eigenvalue weighted by Gasteiger charge is 2.29. The first-order valence-corrected chi connectivity index (χ1v) is 6.97. The molecule has 110 valence electrons. The van der Waals surface area contributed by atoms with Crippen molar-refractivity contribution >= 4 is 34.8 Å². The Balaban J connectivity index is 2.24. The van der Waals surface area contributed by atoms with Crippen molar-refractivity contribution in [1.29, 1.82) is 0 Å². The first-order chi connectivity index (χ1) is 10.6. The summed E-state index contributed by atoms with van der Waals surface area (Å²) in [7, 11) is 0. The number of halogens is 1. The molecule has 2 amide bonds. The van der Waals surface area contributed by atoms with E-state index < -0.39 is 17.9 Å². The molecule has 1 heterocycles. The second-order valence-corrected chi connectivity index (χ2v) is 5.26. The number of primary amides is 1.